The zero-order valence-electron chi connectivity index (χ0n) is 62.5. The summed E-state index contributed by atoms with van der Waals surface area (Å²) < 4.78 is 14.7. The first-order valence-electron chi connectivity index (χ1n) is 38.7. The van der Waals surface area contributed by atoms with Crippen molar-refractivity contribution in [1.82, 2.24) is 44.6 Å². The monoisotopic (exact) mass is 1470 g/mol. The SMILES string of the molecule is CCCCN(C)CCc1ccc(Nc2ncc3c(n2)-c2ccccc2[C@H](c2ccc(Cl)cc2)C3)cc1.CCCCN(C)CCc1ccc(Nc2ncc3c(n2)-c2ccccc2[C@H](c2ccccc2F)C3)cc1.Clc1ccc([C@@H]2Cc3cnc(Nc4ccc(CCN5CCCCC5)cc4)nc3-c3ccccc32)cc1. The van der Waals surface area contributed by atoms with E-state index in [1.807, 2.05) is 67.1 Å². The first-order chi connectivity index (χ1) is 52.9. The second-order valence-corrected chi connectivity index (χ2v) is 30.2. The van der Waals surface area contributed by atoms with Crippen LogP contribution in [-0.4, -0.2) is 105 Å². The molecule has 3 aromatic heterocycles. The van der Waals surface area contributed by atoms with E-state index >= 15 is 0 Å². The number of unbranched alkanes of at least 4 members (excludes halogenated alkanes) is 2. The molecular weight excluding hydrogens is 1380 g/mol. The van der Waals surface area contributed by atoms with Crippen molar-refractivity contribution in [3.63, 3.8) is 0 Å². The van der Waals surface area contributed by atoms with Gasteiger partial charge in [0.25, 0.3) is 0 Å². The molecule has 9 aromatic carbocycles. The van der Waals surface area contributed by atoms with Crippen LogP contribution in [0.2, 0.25) is 10.0 Å². The van der Waals surface area contributed by atoms with E-state index in [1.54, 1.807) is 6.07 Å². The summed E-state index contributed by atoms with van der Waals surface area (Å²) in [6.07, 6.45) is 20.5. The molecule has 1 fully saturated rings. The maximum absolute atomic E-state index is 14.7. The predicted octanol–water partition coefficient (Wildman–Crippen LogP) is 21.7. The fraction of sp³-hybridized carbons (Fsp3) is 0.290. The van der Waals surface area contributed by atoms with Gasteiger partial charge in [-0.2, -0.15) is 0 Å². The fourth-order valence-electron chi connectivity index (χ4n) is 15.4. The molecule has 0 radical (unpaired) electrons. The van der Waals surface area contributed by atoms with E-state index in [4.69, 9.17) is 38.2 Å². The lowest BCUT2D eigenvalue weighted by molar-refractivity contribution is 0.231. The van der Waals surface area contributed by atoms with E-state index < -0.39 is 0 Å². The molecule has 108 heavy (non-hydrogen) atoms. The summed E-state index contributed by atoms with van der Waals surface area (Å²) in [4.78, 5) is 36.1. The minimum Gasteiger partial charge on any atom is -0.324 e. The van der Waals surface area contributed by atoms with E-state index in [2.05, 4.69) is 231 Å². The molecule has 0 amide bonds. The molecule has 12 aromatic rings. The fourth-order valence-corrected chi connectivity index (χ4v) is 15.7. The third kappa shape index (κ3) is 18.9. The van der Waals surface area contributed by atoms with Crippen LogP contribution in [0.1, 0.15) is 143 Å². The van der Waals surface area contributed by atoms with Crippen molar-refractivity contribution < 1.29 is 4.39 Å². The van der Waals surface area contributed by atoms with Crippen LogP contribution in [0.3, 0.4) is 0 Å². The number of nitrogens with zero attached hydrogens (tertiary/aromatic N) is 9. The predicted molar refractivity (Wildman–Crippen MR) is 444 cm³/mol. The molecule has 1 saturated heterocycles. The Morgan fingerprint density at radius 1 is 0.398 bits per heavy atom. The molecule has 4 heterocycles. The summed E-state index contributed by atoms with van der Waals surface area (Å²) in [6.45, 7) is 12.6. The van der Waals surface area contributed by atoms with Gasteiger partial charge < -0.3 is 30.7 Å². The lowest BCUT2D eigenvalue weighted by Gasteiger charge is -2.27. The van der Waals surface area contributed by atoms with Gasteiger partial charge in [0, 0.05) is 99.8 Å². The van der Waals surface area contributed by atoms with Gasteiger partial charge in [0.1, 0.15) is 5.82 Å². The third-order valence-corrected chi connectivity index (χ3v) is 22.1. The molecule has 0 spiro atoms. The number of nitrogens with one attached hydrogen (secondary N) is 3. The molecule has 550 valence electrons. The Kier molecular flexibility index (Phi) is 25.1. The molecule has 3 atom stereocenters. The highest BCUT2D eigenvalue weighted by atomic mass is 35.5. The van der Waals surface area contributed by atoms with Crippen molar-refractivity contribution in [1.29, 1.82) is 0 Å². The van der Waals surface area contributed by atoms with Gasteiger partial charge in [-0.25, -0.2) is 34.3 Å². The first kappa shape index (κ1) is 74.8. The van der Waals surface area contributed by atoms with Gasteiger partial charge in [-0.3, -0.25) is 0 Å². The maximum Gasteiger partial charge on any atom is 0.227 e. The second kappa shape index (κ2) is 36.3. The summed E-state index contributed by atoms with van der Waals surface area (Å²) in [5.41, 5.74) is 23.7. The molecule has 0 saturated carbocycles. The van der Waals surface area contributed by atoms with Crippen molar-refractivity contribution in [3.8, 4) is 33.8 Å². The molecule has 0 bridgehead atoms. The Bertz CT molecular complexity index is 4940. The molecule has 15 heteroatoms. The Hall–Kier alpha value is -9.99. The van der Waals surface area contributed by atoms with Crippen LogP contribution < -0.4 is 16.0 Å². The molecular formula is C93H97Cl2FN12. The largest absolute Gasteiger partial charge is 0.324 e. The van der Waals surface area contributed by atoms with Crippen LogP contribution >= 0.6 is 23.2 Å². The second-order valence-electron chi connectivity index (χ2n) is 29.3. The minimum absolute atomic E-state index is 0.0501. The Labute approximate surface area is 647 Å². The normalized spacial score (nSPS) is 15.4. The Balaban J connectivity index is 0.000000136. The van der Waals surface area contributed by atoms with Gasteiger partial charge >= 0.3 is 0 Å². The zero-order chi connectivity index (χ0) is 74.1. The van der Waals surface area contributed by atoms with Crippen LogP contribution in [0.5, 0.6) is 0 Å². The zero-order valence-corrected chi connectivity index (χ0v) is 64.1. The van der Waals surface area contributed by atoms with Crippen molar-refractivity contribution >= 4 is 58.1 Å². The quantitative estimate of drug-likeness (QED) is 0.0534. The van der Waals surface area contributed by atoms with Gasteiger partial charge in [-0.15, -0.1) is 0 Å². The maximum atomic E-state index is 14.7. The topological polar surface area (TPSA) is 123 Å². The van der Waals surface area contributed by atoms with Crippen LogP contribution in [0.25, 0.3) is 33.8 Å². The minimum atomic E-state index is -0.170. The number of piperidine rings is 1. The summed E-state index contributed by atoms with van der Waals surface area (Å²) in [7, 11) is 4.39. The molecule has 16 rings (SSSR count). The van der Waals surface area contributed by atoms with E-state index in [0.717, 1.165) is 131 Å². The van der Waals surface area contributed by atoms with Gasteiger partial charge in [0.2, 0.25) is 17.8 Å². The highest BCUT2D eigenvalue weighted by Gasteiger charge is 2.32. The average Bonchev–Trinajstić information content (AvgIpc) is 0.768. The molecule has 0 unspecified atom stereocenters. The molecule has 3 aliphatic carbocycles. The van der Waals surface area contributed by atoms with Gasteiger partial charge in [-0.1, -0.05) is 208 Å². The highest BCUT2D eigenvalue weighted by Crippen LogP contribution is 2.46. The van der Waals surface area contributed by atoms with E-state index in [9.17, 15) is 4.39 Å². The average molecular weight is 1470 g/mol. The summed E-state index contributed by atoms with van der Waals surface area (Å²) in [5, 5.41) is 11.7. The number of hydrogen-bond acceptors (Lipinski definition) is 12. The van der Waals surface area contributed by atoms with Crippen LogP contribution in [0.4, 0.5) is 39.3 Å². The number of likely N-dealkylation sites (N-methyl/N-ethyl adjacent to an activating group) is 2. The summed E-state index contributed by atoms with van der Waals surface area (Å²) in [6, 6.07) is 74.6. The highest BCUT2D eigenvalue weighted by molar-refractivity contribution is 6.30. The number of hydrogen-bond donors (Lipinski definition) is 3. The van der Waals surface area contributed by atoms with Gasteiger partial charge in [0.15, 0.2) is 0 Å². The number of rotatable bonds is 24. The number of fused-ring (bicyclic) bond motifs is 9. The van der Waals surface area contributed by atoms with Crippen LogP contribution in [-0.2, 0) is 38.5 Å². The standard InChI is InChI=1S/C31H31ClN4.C31H33ClN4.C31H33FN4/c32-25-12-10-23(11-13-25)29-20-24-21-33-31(35-30(24)28-7-3-2-6-27(28)29)34-26-14-8-22(9-15-26)16-19-36-17-4-1-5-18-36;1-3-4-18-36(2)19-17-22-9-15-26(16-10-22)34-31-33-21-24-20-29(23-11-13-25(32)14-12-23)27-7-5-6-8-28(27)30(24)35-31;1-3-4-18-36(2)19-17-22-13-15-24(16-14-22)34-31-33-21-23-20-28(26-10-7-8-12-29(26)32)25-9-5-6-11-27(25)30(23)35-31/h2-3,6-15,21,29H,1,4-5,16-20H2,(H,33,34,35);5-16,21,29H,3-4,17-20H2,1-2H3,(H,33,34,35);5-16,21,28H,3-4,17-20H2,1-2H3,(H,33,34,35)/t2*29-;28-/m001/s1. The van der Waals surface area contributed by atoms with E-state index in [1.165, 1.54) is 125 Å². The van der Waals surface area contributed by atoms with Gasteiger partial charge in [0.05, 0.1) is 17.1 Å². The number of benzene rings is 9. The van der Waals surface area contributed by atoms with Crippen molar-refractivity contribution in [2.45, 2.75) is 115 Å². The number of aromatic nitrogens is 6. The third-order valence-electron chi connectivity index (χ3n) is 21.6. The van der Waals surface area contributed by atoms with Crippen LogP contribution in [0, 0.1) is 5.82 Å². The smallest absolute Gasteiger partial charge is 0.227 e. The van der Waals surface area contributed by atoms with E-state index in [-0.39, 0.29) is 23.6 Å². The summed E-state index contributed by atoms with van der Waals surface area (Å²) >= 11 is 12.3. The molecule has 3 N–H and O–H groups in total. The van der Waals surface area contributed by atoms with Crippen molar-refractivity contribution in [2.24, 2.45) is 0 Å². The first-order valence-corrected chi connectivity index (χ1v) is 39.5. The van der Waals surface area contributed by atoms with Crippen molar-refractivity contribution in [3.05, 3.63) is 320 Å². The summed E-state index contributed by atoms with van der Waals surface area (Å²) in [5.74, 6) is 2.14. The number of likely N-dealkylation sites (tertiary alicyclic amines) is 1. The lowest BCUT2D eigenvalue weighted by Crippen LogP contribution is -2.31. The van der Waals surface area contributed by atoms with E-state index in [0.29, 0.717) is 24.3 Å². The lowest BCUT2D eigenvalue weighted by atomic mass is 9.78. The van der Waals surface area contributed by atoms with Crippen molar-refractivity contribution in [2.75, 3.05) is 75.9 Å². The van der Waals surface area contributed by atoms with Gasteiger partial charge in [-0.05, 0) is 238 Å². The number of halogens is 3. The molecule has 4 aliphatic rings. The Morgan fingerprint density at radius 2 is 0.750 bits per heavy atom. The molecule has 12 nitrogen and oxygen atoms in total. The molecule has 1 aliphatic heterocycles. The Morgan fingerprint density at radius 3 is 1.14 bits per heavy atom. The number of anilines is 6. The van der Waals surface area contributed by atoms with Crippen LogP contribution in [0.15, 0.2) is 237 Å².